The van der Waals surface area contributed by atoms with E-state index in [9.17, 15) is 4.79 Å². The third-order valence-electron chi connectivity index (χ3n) is 2.75. The van der Waals surface area contributed by atoms with E-state index in [0.29, 0.717) is 5.56 Å². The summed E-state index contributed by atoms with van der Waals surface area (Å²) in [5.41, 5.74) is 4.93. The van der Waals surface area contributed by atoms with Crippen molar-refractivity contribution in [2.24, 2.45) is 5.10 Å². The molecule has 0 bridgehead atoms. The molecule has 0 saturated heterocycles. The molecule has 0 spiro atoms. The highest BCUT2D eigenvalue weighted by Crippen LogP contribution is 2.12. The van der Waals surface area contributed by atoms with Crippen molar-refractivity contribution in [1.29, 1.82) is 0 Å². The summed E-state index contributed by atoms with van der Waals surface area (Å²) in [5.74, 6) is -0.240. The highest BCUT2D eigenvalue weighted by Gasteiger charge is 2.05. The van der Waals surface area contributed by atoms with Gasteiger partial charge in [0.25, 0.3) is 5.91 Å². The van der Waals surface area contributed by atoms with E-state index in [1.165, 1.54) is 0 Å². The average molecular weight is 332 g/mol. The summed E-state index contributed by atoms with van der Waals surface area (Å²) in [5, 5.41) is 4.20. The second-order valence-corrected chi connectivity index (χ2v) is 5.01. The van der Waals surface area contributed by atoms with Crippen LogP contribution in [0.15, 0.2) is 58.4 Å². The number of hydrogen-bond acceptors (Lipinski definition) is 3. The van der Waals surface area contributed by atoms with Crippen molar-refractivity contribution in [2.75, 3.05) is 0 Å². The predicted molar refractivity (Wildman–Crippen MR) is 82.7 cm³/mol. The molecule has 0 aliphatic rings. The van der Waals surface area contributed by atoms with E-state index in [1.807, 2.05) is 31.2 Å². The van der Waals surface area contributed by atoms with Crippen molar-refractivity contribution in [1.82, 2.24) is 10.4 Å². The van der Waals surface area contributed by atoms with Crippen molar-refractivity contribution in [3.63, 3.8) is 0 Å². The summed E-state index contributed by atoms with van der Waals surface area (Å²) in [6.07, 6.45) is 3.89. The Balaban J connectivity index is 2.12. The first-order valence-corrected chi connectivity index (χ1v) is 7.03. The quantitative estimate of drug-likeness (QED) is 0.689. The summed E-state index contributed by atoms with van der Waals surface area (Å²) in [7, 11) is 0. The monoisotopic (exact) mass is 331 g/mol. The van der Waals surface area contributed by atoms with Crippen LogP contribution < -0.4 is 5.43 Å². The molecule has 1 heterocycles. The molecule has 0 atom stereocenters. The molecule has 0 saturated carbocycles. The Labute approximate surface area is 126 Å². The molecule has 0 radical (unpaired) electrons. The topological polar surface area (TPSA) is 54.4 Å². The number of hydrazone groups is 1. The fraction of sp³-hybridized carbons (Fsp3) is 0.133. The van der Waals surface area contributed by atoms with Gasteiger partial charge in [0.05, 0.1) is 5.71 Å². The highest BCUT2D eigenvalue weighted by molar-refractivity contribution is 9.10. The number of halogens is 1. The Kier molecular flexibility index (Phi) is 5.01. The van der Waals surface area contributed by atoms with Gasteiger partial charge < -0.3 is 0 Å². The standard InChI is InChI=1S/C15H14BrN3O/c1-2-14(11-3-5-13(16)6-4-11)18-19-15(20)12-7-9-17-10-8-12/h3-10H,2H2,1H3,(H,19,20)/b18-14-. The van der Waals surface area contributed by atoms with Crippen LogP contribution in [-0.2, 0) is 0 Å². The van der Waals surface area contributed by atoms with Gasteiger partial charge in [0.15, 0.2) is 0 Å². The molecule has 5 heteroatoms. The zero-order valence-corrected chi connectivity index (χ0v) is 12.6. The fourth-order valence-corrected chi connectivity index (χ4v) is 1.94. The van der Waals surface area contributed by atoms with Crippen LogP contribution in [0.5, 0.6) is 0 Å². The first kappa shape index (κ1) is 14.4. The second-order valence-electron chi connectivity index (χ2n) is 4.10. The number of nitrogens with zero attached hydrogens (tertiary/aromatic N) is 2. The van der Waals surface area contributed by atoms with E-state index in [-0.39, 0.29) is 5.91 Å². The van der Waals surface area contributed by atoms with Gasteiger partial charge in [-0.05, 0) is 36.2 Å². The molecule has 1 amide bonds. The number of pyridine rings is 1. The number of rotatable bonds is 4. The molecule has 2 aromatic rings. The summed E-state index contributed by atoms with van der Waals surface area (Å²) in [4.78, 5) is 15.8. The molecule has 1 N–H and O–H groups in total. The van der Waals surface area contributed by atoms with Crippen molar-refractivity contribution in [3.05, 3.63) is 64.4 Å². The van der Waals surface area contributed by atoms with Crippen molar-refractivity contribution < 1.29 is 4.79 Å². The Hall–Kier alpha value is -2.01. The van der Waals surface area contributed by atoms with Crippen molar-refractivity contribution in [2.45, 2.75) is 13.3 Å². The van der Waals surface area contributed by atoms with Gasteiger partial charge in [-0.3, -0.25) is 9.78 Å². The lowest BCUT2D eigenvalue weighted by Gasteiger charge is -2.05. The smallest absolute Gasteiger partial charge is 0.267 e. The number of carbonyl (C=O) groups excluding carboxylic acids is 1. The molecule has 0 aliphatic heterocycles. The van der Waals surface area contributed by atoms with Gasteiger partial charge in [-0.25, -0.2) is 5.43 Å². The van der Waals surface area contributed by atoms with E-state index in [1.54, 1.807) is 24.5 Å². The molecule has 2 rings (SSSR count). The minimum atomic E-state index is -0.240. The van der Waals surface area contributed by atoms with Gasteiger partial charge in [0.2, 0.25) is 0 Å². The molecule has 4 nitrogen and oxygen atoms in total. The van der Waals surface area contributed by atoms with E-state index in [2.05, 4.69) is 31.4 Å². The second kappa shape index (κ2) is 6.96. The Morgan fingerprint density at radius 3 is 2.40 bits per heavy atom. The minimum Gasteiger partial charge on any atom is -0.267 e. The third kappa shape index (κ3) is 3.74. The first-order chi connectivity index (χ1) is 9.70. The van der Waals surface area contributed by atoms with Gasteiger partial charge >= 0.3 is 0 Å². The molecule has 1 aromatic heterocycles. The van der Waals surface area contributed by atoms with Crippen LogP contribution >= 0.6 is 15.9 Å². The number of amides is 1. The molecule has 1 aromatic carbocycles. The van der Waals surface area contributed by atoms with Crippen LogP contribution in [0.25, 0.3) is 0 Å². The van der Waals surface area contributed by atoms with Crippen LogP contribution in [0, 0.1) is 0 Å². The van der Waals surface area contributed by atoms with Gasteiger partial charge in [0.1, 0.15) is 0 Å². The van der Waals surface area contributed by atoms with E-state index >= 15 is 0 Å². The zero-order chi connectivity index (χ0) is 14.4. The number of carbonyl (C=O) groups is 1. The highest BCUT2D eigenvalue weighted by atomic mass is 79.9. The van der Waals surface area contributed by atoms with Gasteiger partial charge in [-0.15, -0.1) is 0 Å². The Morgan fingerprint density at radius 2 is 1.80 bits per heavy atom. The average Bonchev–Trinajstić information content (AvgIpc) is 2.50. The number of benzene rings is 1. The molecule has 0 fully saturated rings. The Bertz CT molecular complexity index is 609. The maximum atomic E-state index is 11.9. The fourth-order valence-electron chi connectivity index (χ4n) is 1.68. The van der Waals surface area contributed by atoms with Crippen LogP contribution in [0.2, 0.25) is 0 Å². The van der Waals surface area contributed by atoms with Gasteiger partial charge in [-0.2, -0.15) is 5.10 Å². The van der Waals surface area contributed by atoms with Crippen LogP contribution in [0.4, 0.5) is 0 Å². The predicted octanol–water partition coefficient (Wildman–Crippen LogP) is 3.39. The number of aromatic nitrogens is 1. The summed E-state index contributed by atoms with van der Waals surface area (Å²) in [6, 6.07) is 11.1. The number of nitrogens with one attached hydrogen (secondary N) is 1. The molecule has 102 valence electrons. The lowest BCUT2D eigenvalue weighted by molar-refractivity contribution is 0.0954. The summed E-state index contributed by atoms with van der Waals surface area (Å²) in [6.45, 7) is 2.00. The minimum absolute atomic E-state index is 0.240. The van der Waals surface area contributed by atoms with E-state index in [0.717, 1.165) is 22.2 Å². The van der Waals surface area contributed by atoms with E-state index < -0.39 is 0 Å². The normalized spacial score (nSPS) is 11.2. The lowest BCUT2D eigenvalue weighted by Crippen LogP contribution is -2.19. The van der Waals surface area contributed by atoms with Crippen LogP contribution in [0.3, 0.4) is 0 Å². The van der Waals surface area contributed by atoms with Crippen LogP contribution in [-0.4, -0.2) is 16.6 Å². The molecule has 0 aliphatic carbocycles. The molecular formula is C15H14BrN3O. The van der Waals surface area contributed by atoms with Gasteiger partial charge in [0, 0.05) is 22.4 Å². The molecule has 20 heavy (non-hydrogen) atoms. The van der Waals surface area contributed by atoms with Crippen LogP contribution in [0.1, 0.15) is 29.3 Å². The van der Waals surface area contributed by atoms with Gasteiger partial charge in [-0.1, -0.05) is 35.0 Å². The largest absolute Gasteiger partial charge is 0.271 e. The summed E-state index contributed by atoms with van der Waals surface area (Å²) < 4.78 is 1.01. The molecule has 0 unspecified atom stereocenters. The lowest BCUT2D eigenvalue weighted by atomic mass is 10.1. The van der Waals surface area contributed by atoms with Crippen molar-refractivity contribution >= 4 is 27.5 Å². The maximum Gasteiger partial charge on any atom is 0.271 e. The third-order valence-corrected chi connectivity index (χ3v) is 3.28. The Morgan fingerprint density at radius 1 is 1.15 bits per heavy atom. The van der Waals surface area contributed by atoms with Crippen molar-refractivity contribution in [3.8, 4) is 0 Å². The SMILES string of the molecule is CC/C(=N/NC(=O)c1ccncc1)c1ccc(Br)cc1. The maximum absolute atomic E-state index is 11.9. The molecular weight excluding hydrogens is 318 g/mol. The van der Waals surface area contributed by atoms with E-state index in [4.69, 9.17) is 0 Å². The zero-order valence-electron chi connectivity index (χ0n) is 11.0. The summed E-state index contributed by atoms with van der Waals surface area (Å²) >= 11 is 3.39. The first-order valence-electron chi connectivity index (χ1n) is 6.23. The number of hydrogen-bond donors (Lipinski definition) is 1.